The average Bonchev–Trinajstić information content (AvgIpc) is 2.74. The van der Waals surface area contributed by atoms with Gasteiger partial charge in [-0.05, 0) is 32.9 Å². The quantitative estimate of drug-likeness (QED) is 0.894. The molecule has 1 heterocycles. The highest BCUT2D eigenvalue weighted by Crippen LogP contribution is 2.29. The second kappa shape index (κ2) is 5.75. The molecule has 20 heavy (non-hydrogen) atoms. The molecule has 0 radical (unpaired) electrons. The van der Waals surface area contributed by atoms with Gasteiger partial charge in [0.25, 0.3) is 0 Å². The minimum Gasteiger partial charge on any atom is -0.435 e. The Hall–Kier alpha value is -1.69. The largest absolute Gasteiger partial charge is 0.435 e. The number of thiazole rings is 1. The zero-order valence-electron chi connectivity index (χ0n) is 11.5. The van der Waals surface area contributed by atoms with Gasteiger partial charge in [-0.15, -0.1) is 11.3 Å². The lowest BCUT2D eigenvalue weighted by molar-refractivity contribution is -0.0498. The molecular formula is C14H16F2N2OS. The van der Waals surface area contributed by atoms with Crippen molar-refractivity contribution in [1.29, 1.82) is 0 Å². The molecule has 0 unspecified atom stereocenters. The van der Waals surface area contributed by atoms with Crippen molar-refractivity contribution in [3.8, 4) is 17.0 Å². The third-order valence-electron chi connectivity index (χ3n) is 2.34. The summed E-state index contributed by atoms with van der Waals surface area (Å²) >= 11 is 1.48. The van der Waals surface area contributed by atoms with Gasteiger partial charge < -0.3 is 10.1 Å². The van der Waals surface area contributed by atoms with Crippen molar-refractivity contribution in [2.45, 2.75) is 32.9 Å². The SMILES string of the molecule is CC(C)(C)Nc1nc(-c2cccc(OC(F)F)c2)cs1. The topological polar surface area (TPSA) is 34.2 Å². The van der Waals surface area contributed by atoms with Crippen LogP contribution in [-0.4, -0.2) is 17.1 Å². The van der Waals surface area contributed by atoms with Gasteiger partial charge in [0.1, 0.15) is 5.75 Å². The number of alkyl halides is 2. The highest BCUT2D eigenvalue weighted by Gasteiger charge is 2.13. The van der Waals surface area contributed by atoms with Gasteiger partial charge in [-0.1, -0.05) is 12.1 Å². The normalized spacial score (nSPS) is 11.7. The zero-order valence-corrected chi connectivity index (χ0v) is 12.3. The fourth-order valence-electron chi connectivity index (χ4n) is 1.62. The summed E-state index contributed by atoms with van der Waals surface area (Å²) in [6, 6.07) is 6.54. The molecule has 108 valence electrons. The van der Waals surface area contributed by atoms with Crippen LogP contribution in [0, 0.1) is 0 Å². The van der Waals surface area contributed by atoms with Crippen LogP contribution >= 0.6 is 11.3 Å². The van der Waals surface area contributed by atoms with E-state index < -0.39 is 6.61 Å². The van der Waals surface area contributed by atoms with E-state index in [0.29, 0.717) is 0 Å². The van der Waals surface area contributed by atoms with E-state index in [9.17, 15) is 8.78 Å². The smallest absolute Gasteiger partial charge is 0.387 e. The van der Waals surface area contributed by atoms with Gasteiger partial charge in [-0.2, -0.15) is 8.78 Å². The molecule has 1 N–H and O–H groups in total. The number of ether oxygens (including phenoxy) is 1. The molecule has 0 fully saturated rings. The molecule has 2 aromatic rings. The molecule has 0 aliphatic carbocycles. The molecule has 0 saturated heterocycles. The molecule has 3 nitrogen and oxygen atoms in total. The summed E-state index contributed by atoms with van der Waals surface area (Å²) in [6.07, 6.45) is 0. The molecule has 0 amide bonds. The summed E-state index contributed by atoms with van der Waals surface area (Å²) in [4.78, 5) is 4.45. The first-order chi connectivity index (χ1) is 9.33. The predicted molar refractivity (Wildman–Crippen MR) is 77.6 cm³/mol. The van der Waals surface area contributed by atoms with Crippen LogP contribution in [0.3, 0.4) is 0 Å². The van der Waals surface area contributed by atoms with Crippen LogP contribution in [0.2, 0.25) is 0 Å². The van der Waals surface area contributed by atoms with Crippen LogP contribution in [-0.2, 0) is 0 Å². The van der Waals surface area contributed by atoms with Crippen LogP contribution in [0.4, 0.5) is 13.9 Å². The number of rotatable bonds is 4. The van der Waals surface area contributed by atoms with E-state index in [0.717, 1.165) is 16.4 Å². The Morgan fingerprint density at radius 2 is 2.05 bits per heavy atom. The van der Waals surface area contributed by atoms with Crippen molar-refractivity contribution >= 4 is 16.5 Å². The third kappa shape index (κ3) is 4.16. The molecule has 2 rings (SSSR count). The molecule has 0 aliphatic rings. The Bertz CT molecular complexity index is 579. The number of hydrogen-bond acceptors (Lipinski definition) is 4. The van der Waals surface area contributed by atoms with Crippen LogP contribution in [0.1, 0.15) is 20.8 Å². The molecule has 0 atom stereocenters. The average molecular weight is 298 g/mol. The Morgan fingerprint density at radius 1 is 1.30 bits per heavy atom. The second-order valence-electron chi connectivity index (χ2n) is 5.32. The van der Waals surface area contributed by atoms with Crippen molar-refractivity contribution in [3.63, 3.8) is 0 Å². The van der Waals surface area contributed by atoms with E-state index >= 15 is 0 Å². The maximum Gasteiger partial charge on any atom is 0.387 e. The monoisotopic (exact) mass is 298 g/mol. The molecule has 0 bridgehead atoms. The van der Waals surface area contributed by atoms with E-state index in [1.165, 1.54) is 17.4 Å². The Kier molecular flexibility index (Phi) is 4.23. The van der Waals surface area contributed by atoms with Gasteiger partial charge in [-0.3, -0.25) is 0 Å². The number of aromatic nitrogens is 1. The number of nitrogens with zero attached hydrogens (tertiary/aromatic N) is 1. The van der Waals surface area contributed by atoms with Crippen molar-refractivity contribution in [3.05, 3.63) is 29.6 Å². The summed E-state index contributed by atoms with van der Waals surface area (Å²) < 4.78 is 28.8. The molecule has 6 heteroatoms. The van der Waals surface area contributed by atoms with Crippen molar-refractivity contribution in [2.75, 3.05) is 5.32 Å². The first kappa shape index (κ1) is 14.7. The Balaban J connectivity index is 2.19. The highest BCUT2D eigenvalue weighted by atomic mass is 32.1. The van der Waals surface area contributed by atoms with Crippen LogP contribution in [0.5, 0.6) is 5.75 Å². The lowest BCUT2D eigenvalue weighted by Gasteiger charge is -2.19. The Labute approximate surface area is 120 Å². The van der Waals surface area contributed by atoms with Crippen molar-refractivity contribution in [1.82, 2.24) is 4.98 Å². The zero-order chi connectivity index (χ0) is 14.8. The molecule has 0 aliphatic heterocycles. The highest BCUT2D eigenvalue weighted by molar-refractivity contribution is 7.14. The van der Waals surface area contributed by atoms with Crippen LogP contribution in [0.15, 0.2) is 29.6 Å². The van der Waals surface area contributed by atoms with Crippen LogP contribution in [0.25, 0.3) is 11.3 Å². The minimum atomic E-state index is -2.82. The number of hydrogen-bond donors (Lipinski definition) is 1. The molecule has 0 spiro atoms. The summed E-state index contributed by atoms with van der Waals surface area (Å²) in [5.41, 5.74) is 1.42. The summed E-state index contributed by atoms with van der Waals surface area (Å²) in [5.74, 6) is 0.135. The number of nitrogens with one attached hydrogen (secondary N) is 1. The van der Waals surface area contributed by atoms with E-state index in [1.807, 2.05) is 32.2 Å². The lowest BCUT2D eigenvalue weighted by atomic mass is 10.1. The van der Waals surface area contributed by atoms with Gasteiger partial charge >= 0.3 is 6.61 Å². The van der Waals surface area contributed by atoms with Gasteiger partial charge in [0.2, 0.25) is 0 Å². The van der Waals surface area contributed by atoms with Gasteiger partial charge in [0, 0.05) is 16.5 Å². The van der Waals surface area contributed by atoms with E-state index in [2.05, 4.69) is 15.0 Å². The molecule has 1 aromatic heterocycles. The summed E-state index contributed by atoms with van der Waals surface area (Å²) in [7, 11) is 0. The first-order valence-electron chi connectivity index (χ1n) is 6.12. The van der Waals surface area contributed by atoms with E-state index in [-0.39, 0.29) is 11.3 Å². The Morgan fingerprint density at radius 3 is 2.70 bits per heavy atom. The summed E-state index contributed by atoms with van der Waals surface area (Å²) in [5, 5.41) is 5.96. The van der Waals surface area contributed by atoms with Crippen LogP contribution < -0.4 is 10.1 Å². The molecular weight excluding hydrogens is 282 g/mol. The first-order valence-corrected chi connectivity index (χ1v) is 7.00. The van der Waals surface area contributed by atoms with Crippen molar-refractivity contribution < 1.29 is 13.5 Å². The number of benzene rings is 1. The van der Waals surface area contributed by atoms with Crippen molar-refractivity contribution in [2.24, 2.45) is 0 Å². The standard InChI is InChI=1S/C14H16F2N2OS/c1-14(2,3)18-13-17-11(8-20-13)9-5-4-6-10(7-9)19-12(15)16/h4-8,12H,1-3H3,(H,17,18). The minimum absolute atomic E-state index is 0.0737. The molecule has 1 aromatic carbocycles. The maximum atomic E-state index is 12.2. The fraction of sp³-hybridized carbons (Fsp3) is 0.357. The fourth-order valence-corrected chi connectivity index (χ4v) is 2.54. The van der Waals surface area contributed by atoms with Gasteiger partial charge in [0.05, 0.1) is 5.69 Å². The van der Waals surface area contributed by atoms with E-state index in [1.54, 1.807) is 12.1 Å². The predicted octanol–water partition coefficient (Wildman–Crippen LogP) is 4.62. The third-order valence-corrected chi connectivity index (χ3v) is 3.10. The van der Waals surface area contributed by atoms with Gasteiger partial charge in [0.15, 0.2) is 5.13 Å². The lowest BCUT2D eigenvalue weighted by Crippen LogP contribution is -2.25. The van der Waals surface area contributed by atoms with E-state index in [4.69, 9.17) is 0 Å². The van der Waals surface area contributed by atoms with Gasteiger partial charge in [-0.25, -0.2) is 4.98 Å². The summed E-state index contributed by atoms with van der Waals surface area (Å²) in [6.45, 7) is 3.32. The number of halogens is 2. The number of anilines is 1. The molecule has 0 saturated carbocycles. The maximum absolute atomic E-state index is 12.2. The second-order valence-corrected chi connectivity index (χ2v) is 6.18.